The van der Waals surface area contributed by atoms with Crippen molar-refractivity contribution in [2.45, 2.75) is 25.8 Å². The summed E-state index contributed by atoms with van der Waals surface area (Å²) in [6.07, 6.45) is 3.69. The lowest BCUT2D eigenvalue weighted by Crippen LogP contribution is -2.34. The molecule has 1 aromatic carbocycles. The lowest BCUT2D eigenvalue weighted by molar-refractivity contribution is 0.171. The Morgan fingerprint density at radius 3 is 2.65 bits per heavy atom. The van der Waals surface area contributed by atoms with E-state index < -0.39 is 0 Å². The molecule has 1 heterocycles. The molecule has 0 saturated carbocycles. The number of halogens is 3. The van der Waals surface area contributed by atoms with Gasteiger partial charge in [0.25, 0.3) is 0 Å². The van der Waals surface area contributed by atoms with Crippen LogP contribution < -0.4 is 5.32 Å². The Labute approximate surface area is 132 Å². The summed E-state index contributed by atoms with van der Waals surface area (Å²) in [7, 11) is 2.00. The molecular formula is C15H23Cl2FN2. The van der Waals surface area contributed by atoms with E-state index in [-0.39, 0.29) is 18.2 Å². The molecule has 0 spiro atoms. The second kappa shape index (κ2) is 8.83. The summed E-state index contributed by atoms with van der Waals surface area (Å²) >= 11 is 5.77. The van der Waals surface area contributed by atoms with E-state index >= 15 is 0 Å². The molecule has 1 fully saturated rings. The van der Waals surface area contributed by atoms with Crippen LogP contribution in [0.4, 0.5) is 4.39 Å². The van der Waals surface area contributed by atoms with Crippen molar-refractivity contribution in [3.05, 3.63) is 34.6 Å². The average molecular weight is 321 g/mol. The SMILES string of the molecule is CNCCC1CCN(Cc2ccc(Cl)cc2F)CC1.Cl. The summed E-state index contributed by atoms with van der Waals surface area (Å²) < 4.78 is 13.7. The minimum atomic E-state index is -0.190. The number of rotatable bonds is 5. The highest BCUT2D eigenvalue weighted by atomic mass is 35.5. The van der Waals surface area contributed by atoms with Gasteiger partial charge in [0.2, 0.25) is 0 Å². The van der Waals surface area contributed by atoms with Crippen molar-refractivity contribution in [2.75, 3.05) is 26.7 Å². The van der Waals surface area contributed by atoms with Gasteiger partial charge in [-0.15, -0.1) is 12.4 Å². The number of likely N-dealkylation sites (tertiary alicyclic amines) is 1. The lowest BCUT2D eigenvalue weighted by Gasteiger charge is -2.32. The van der Waals surface area contributed by atoms with Gasteiger partial charge in [-0.1, -0.05) is 17.7 Å². The molecular weight excluding hydrogens is 298 g/mol. The van der Waals surface area contributed by atoms with Crippen LogP contribution in [0, 0.1) is 11.7 Å². The maximum Gasteiger partial charge on any atom is 0.129 e. The zero-order valence-corrected chi connectivity index (χ0v) is 13.4. The molecule has 114 valence electrons. The van der Waals surface area contributed by atoms with Gasteiger partial charge < -0.3 is 5.32 Å². The molecule has 1 saturated heterocycles. The van der Waals surface area contributed by atoms with E-state index in [1.165, 1.54) is 25.3 Å². The molecule has 0 aliphatic carbocycles. The van der Waals surface area contributed by atoms with Crippen molar-refractivity contribution in [3.8, 4) is 0 Å². The molecule has 20 heavy (non-hydrogen) atoms. The first-order valence-electron chi connectivity index (χ1n) is 7.00. The molecule has 2 nitrogen and oxygen atoms in total. The Morgan fingerprint density at radius 2 is 2.05 bits per heavy atom. The van der Waals surface area contributed by atoms with Crippen LogP contribution in [-0.4, -0.2) is 31.6 Å². The van der Waals surface area contributed by atoms with Gasteiger partial charge in [-0.25, -0.2) is 4.39 Å². The van der Waals surface area contributed by atoms with E-state index in [0.29, 0.717) is 11.6 Å². The first kappa shape index (κ1) is 17.7. The highest BCUT2D eigenvalue weighted by molar-refractivity contribution is 6.30. The number of hydrogen-bond acceptors (Lipinski definition) is 2. The van der Waals surface area contributed by atoms with Crippen LogP contribution >= 0.6 is 24.0 Å². The minimum absolute atomic E-state index is 0. The molecule has 0 bridgehead atoms. The smallest absolute Gasteiger partial charge is 0.129 e. The third-order valence-electron chi connectivity index (χ3n) is 3.92. The summed E-state index contributed by atoms with van der Waals surface area (Å²) in [6.45, 7) is 3.92. The zero-order chi connectivity index (χ0) is 13.7. The largest absolute Gasteiger partial charge is 0.320 e. The van der Waals surface area contributed by atoms with E-state index in [0.717, 1.165) is 31.1 Å². The maximum absolute atomic E-state index is 13.7. The monoisotopic (exact) mass is 320 g/mol. The van der Waals surface area contributed by atoms with Crippen molar-refractivity contribution < 1.29 is 4.39 Å². The summed E-state index contributed by atoms with van der Waals surface area (Å²) in [6, 6.07) is 4.96. The molecule has 0 radical (unpaired) electrons. The van der Waals surface area contributed by atoms with E-state index in [1.54, 1.807) is 12.1 Å². The average Bonchev–Trinajstić information content (AvgIpc) is 2.41. The molecule has 1 aliphatic rings. The number of benzene rings is 1. The van der Waals surface area contributed by atoms with Crippen LogP contribution in [0.2, 0.25) is 5.02 Å². The van der Waals surface area contributed by atoms with Crippen molar-refractivity contribution in [1.82, 2.24) is 10.2 Å². The fourth-order valence-electron chi connectivity index (χ4n) is 2.67. The highest BCUT2D eigenvalue weighted by Crippen LogP contribution is 2.23. The first-order valence-corrected chi connectivity index (χ1v) is 7.37. The second-order valence-corrected chi connectivity index (χ2v) is 5.78. The van der Waals surface area contributed by atoms with Crippen LogP contribution in [0.15, 0.2) is 18.2 Å². The topological polar surface area (TPSA) is 15.3 Å². The third-order valence-corrected chi connectivity index (χ3v) is 4.15. The van der Waals surface area contributed by atoms with Gasteiger partial charge in [-0.2, -0.15) is 0 Å². The predicted molar refractivity (Wildman–Crippen MR) is 85.2 cm³/mol. The Morgan fingerprint density at radius 1 is 1.35 bits per heavy atom. The molecule has 2 rings (SSSR count). The predicted octanol–water partition coefficient (Wildman–Crippen LogP) is 3.72. The maximum atomic E-state index is 13.7. The fourth-order valence-corrected chi connectivity index (χ4v) is 2.83. The van der Waals surface area contributed by atoms with Crippen LogP contribution in [0.1, 0.15) is 24.8 Å². The van der Waals surface area contributed by atoms with Gasteiger partial charge in [0.05, 0.1) is 0 Å². The molecule has 1 aromatic rings. The molecule has 1 N–H and O–H groups in total. The minimum Gasteiger partial charge on any atom is -0.320 e. The molecule has 0 amide bonds. The van der Waals surface area contributed by atoms with Gasteiger partial charge in [0.15, 0.2) is 0 Å². The standard InChI is InChI=1S/C15H22ClFN2.ClH/c1-18-7-4-12-5-8-19(9-6-12)11-13-2-3-14(16)10-15(13)17;/h2-3,10,12,18H,4-9,11H2,1H3;1H. The first-order chi connectivity index (χ1) is 9.19. The summed E-state index contributed by atoms with van der Waals surface area (Å²) in [5, 5.41) is 3.67. The number of nitrogens with one attached hydrogen (secondary N) is 1. The quantitative estimate of drug-likeness (QED) is 0.889. The molecule has 0 atom stereocenters. The summed E-state index contributed by atoms with van der Waals surface area (Å²) in [4.78, 5) is 2.34. The van der Waals surface area contributed by atoms with Gasteiger partial charge in [-0.3, -0.25) is 4.90 Å². The number of nitrogens with zero attached hydrogens (tertiary/aromatic N) is 1. The summed E-state index contributed by atoms with van der Waals surface area (Å²) in [5.41, 5.74) is 0.748. The van der Waals surface area contributed by atoms with Crippen molar-refractivity contribution in [1.29, 1.82) is 0 Å². The van der Waals surface area contributed by atoms with Crippen molar-refractivity contribution in [3.63, 3.8) is 0 Å². The number of piperidine rings is 1. The van der Waals surface area contributed by atoms with E-state index in [2.05, 4.69) is 10.2 Å². The van der Waals surface area contributed by atoms with Gasteiger partial charge in [-0.05, 0) is 64.0 Å². The normalized spacial score (nSPS) is 16.9. The second-order valence-electron chi connectivity index (χ2n) is 5.35. The Hall–Kier alpha value is -0.350. The van der Waals surface area contributed by atoms with Crippen LogP contribution in [0.3, 0.4) is 0 Å². The summed E-state index contributed by atoms with van der Waals surface area (Å²) in [5.74, 6) is 0.628. The van der Waals surface area contributed by atoms with Crippen LogP contribution in [0.25, 0.3) is 0 Å². The van der Waals surface area contributed by atoms with Crippen LogP contribution in [0.5, 0.6) is 0 Å². The third kappa shape index (κ3) is 5.21. The van der Waals surface area contributed by atoms with E-state index in [9.17, 15) is 4.39 Å². The van der Waals surface area contributed by atoms with Gasteiger partial charge >= 0.3 is 0 Å². The van der Waals surface area contributed by atoms with Gasteiger partial charge in [0.1, 0.15) is 5.82 Å². The van der Waals surface area contributed by atoms with Crippen LogP contribution in [-0.2, 0) is 6.54 Å². The Bertz CT molecular complexity index is 407. The van der Waals surface area contributed by atoms with Crippen molar-refractivity contribution in [2.24, 2.45) is 5.92 Å². The molecule has 5 heteroatoms. The zero-order valence-electron chi connectivity index (χ0n) is 11.9. The highest BCUT2D eigenvalue weighted by Gasteiger charge is 2.19. The molecule has 0 aromatic heterocycles. The Balaban J connectivity index is 0.00000200. The van der Waals surface area contributed by atoms with Crippen molar-refractivity contribution >= 4 is 24.0 Å². The number of hydrogen-bond donors (Lipinski definition) is 1. The lowest BCUT2D eigenvalue weighted by atomic mass is 9.93. The van der Waals surface area contributed by atoms with E-state index in [4.69, 9.17) is 11.6 Å². The Kier molecular flexibility index (Phi) is 7.82. The molecule has 1 aliphatic heterocycles. The van der Waals surface area contributed by atoms with Gasteiger partial charge in [0, 0.05) is 17.1 Å². The molecule has 0 unspecified atom stereocenters. The van der Waals surface area contributed by atoms with E-state index in [1.807, 2.05) is 7.05 Å². The fraction of sp³-hybridized carbons (Fsp3) is 0.600.